The molecule has 0 aromatic carbocycles. The zero-order chi connectivity index (χ0) is 8.41. The summed E-state index contributed by atoms with van der Waals surface area (Å²) in [5, 5.41) is 7.91. The first kappa shape index (κ1) is 9.24. The highest BCUT2D eigenvalue weighted by Gasteiger charge is 2.30. The van der Waals surface area contributed by atoms with Crippen LogP contribution in [0.15, 0.2) is 0 Å². The minimum Gasteiger partial charge on any atom is -0.302 e. The Hall–Kier alpha value is -0.760. The average molecular weight is 163 g/mol. The standard InChI is InChI=1S/C5H9NO3S/c1-5(2,3)10(7,8)9-4-6/h1-3H3. The second kappa shape index (κ2) is 2.46. The van der Waals surface area contributed by atoms with Crippen LogP contribution < -0.4 is 0 Å². The van der Waals surface area contributed by atoms with E-state index >= 15 is 0 Å². The van der Waals surface area contributed by atoms with Gasteiger partial charge in [-0.25, -0.2) is 0 Å². The Morgan fingerprint density at radius 2 is 1.80 bits per heavy atom. The third kappa shape index (κ3) is 1.88. The number of hydrogen-bond donors (Lipinski definition) is 0. The summed E-state index contributed by atoms with van der Waals surface area (Å²) in [7, 11) is -3.71. The lowest BCUT2D eigenvalue weighted by atomic mass is 10.3. The molecule has 0 aliphatic rings. The molecule has 0 fully saturated rings. The third-order valence-corrected chi connectivity index (χ3v) is 2.69. The topological polar surface area (TPSA) is 67.2 Å². The molecule has 0 unspecified atom stereocenters. The molecule has 4 nitrogen and oxygen atoms in total. The average Bonchev–Trinajstić information content (AvgIpc) is 1.61. The van der Waals surface area contributed by atoms with Crippen molar-refractivity contribution in [2.24, 2.45) is 0 Å². The Kier molecular flexibility index (Phi) is 2.28. The largest absolute Gasteiger partial charge is 0.323 e. The van der Waals surface area contributed by atoms with Gasteiger partial charge in [0.25, 0.3) is 0 Å². The van der Waals surface area contributed by atoms with Gasteiger partial charge in [-0.2, -0.15) is 8.42 Å². The minimum atomic E-state index is -3.71. The number of hydrogen-bond acceptors (Lipinski definition) is 4. The molecule has 0 radical (unpaired) electrons. The van der Waals surface area contributed by atoms with Crippen molar-refractivity contribution < 1.29 is 12.6 Å². The summed E-state index contributed by atoms with van der Waals surface area (Å²) >= 11 is 0. The molecule has 0 aromatic heterocycles. The molecule has 0 saturated carbocycles. The van der Waals surface area contributed by atoms with Crippen LogP contribution in [0.5, 0.6) is 0 Å². The van der Waals surface area contributed by atoms with Gasteiger partial charge in [0.15, 0.2) is 0 Å². The second-order valence-electron chi connectivity index (χ2n) is 2.74. The molecule has 0 bridgehead atoms. The van der Waals surface area contributed by atoms with Gasteiger partial charge in [-0.1, -0.05) is 0 Å². The Bertz CT molecular complexity index is 241. The van der Waals surface area contributed by atoms with Gasteiger partial charge in [-0.05, 0) is 20.8 Å². The SMILES string of the molecule is CC(C)(C)S(=O)(=O)OC#N. The van der Waals surface area contributed by atoms with E-state index in [1.165, 1.54) is 20.8 Å². The Balaban J connectivity index is 4.65. The maximum Gasteiger partial charge on any atom is 0.323 e. The predicted octanol–water partition coefficient (Wildman–Crippen LogP) is 0.612. The van der Waals surface area contributed by atoms with Crippen LogP contribution in [0.2, 0.25) is 0 Å². The molecule has 0 heterocycles. The highest BCUT2D eigenvalue weighted by molar-refractivity contribution is 7.88. The summed E-state index contributed by atoms with van der Waals surface area (Å²) < 4.78 is 24.5. The normalized spacial score (nSPS) is 12.2. The van der Waals surface area contributed by atoms with Crippen molar-refractivity contribution in [3.63, 3.8) is 0 Å². The van der Waals surface area contributed by atoms with Gasteiger partial charge in [0.2, 0.25) is 0 Å². The maximum atomic E-state index is 10.8. The molecule has 0 atom stereocenters. The van der Waals surface area contributed by atoms with E-state index in [1.807, 2.05) is 0 Å². The van der Waals surface area contributed by atoms with Crippen molar-refractivity contribution in [1.82, 2.24) is 0 Å². The predicted molar refractivity (Wildman–Crippen MR) is 35.4 cm³/mol. The fraction of sp³-hybridized carbons (Fsp3) is 0.800. The van der Waals surface area contributed by atoms with Crippen LogP contribution in [0.4, 0.5) is 0 Å². The molecular formula is C5H9NO3S. The molecule has 0 N–H and O–H groups in total. The van der Waals surface area contributed by atoms with E-state index < -0.39 is 14.9 Å². The summed E-state index contributed by atoms with van der Waals surface area (Å²) in [6.07, 6.45) is 1.13. The highest BCUT2D eigenvalue weighted by Crippen LogP contribution is 2.15. The van der Waals surface area contributed by atoms with E-state index in [0.29, 0.717) is 0 Å². The lowest BCUT2D eigenvalue weighted by Gasteiger charge is -2.14. The summed E-state index contributed by atoms with van der Waals surface area (Å²) in [4.78, 5) is 0. The Labute approximate surface area is 60.5 Å². The van der Waals surface area contributed by atoms with Gasteiger partial charge in [0.1, 0.15) is 4.75 Å². The van der Waals surface area contributed by atoms with Gasteiger partial charge in [0, 0.05) is 0 Å². The second-order valence-corrected chi connectivity index (χ2v) is 5.04. The number of rotatable bonds is 1. The minimum absolute atomic E-state index is 1.03. The number of nitrogens with zero attached hydrogens (tertiary/aromatic N) is 1. The first-order valence-corrected chi connectivity index (χ1v) is 4.04. The Morgan fingerprint density at radius 3 is 1.90 bits per heavy atom. The molecular weight excluding hydrogens is 154 g/mol. The van der Waals surface area contributed by atoms with E-state index in [2.05, 4.69) is 4.18 Å². The zero-order valence-corrected chi connectivity index (χ0v) is 6.90. The monoisotopic (exact) mass is 163 g/mol. The maximum absolute atomic E-state index is 10.8. The molecule has 0 aliphatic carbocycles. The fourth-order valence-electron chi connectivity index (χ4n) is 0.174. The van der Waals surface area contributed by atoms with E-state index in [-0.39, 0.29) is 0 Å². The summed E-state index contributed by atoms with van der Waals surface area (Å²) in [5.74, 6) is 0. The first-order valence-electron chi connectivity index (χ1n) is 2.63. The lowest BCUT2D eigenvalue weighted by Crippen LogP contribution is -2.28. The van der Waals surface area contributed by atoms with Crippen molar-refractivity contribution in [1.29, 1.82) is 5.26 Å². The van der Waals surface area contributed by atoms with Crippen LogP contribution in [0.25, 0.3) is 0 Å². The van der Waals surface area contributed by atoms with Crippen LogP contribution >= 0.6 is 0 Å². The van der Waals surface area contributed by atoms with Crippen LogP contribution in [-0.2, 0) is 14.3 Å². The van der Waals surface area contributed by atoms with Crippen molar-refractivity contribution in [2.45, 2.75) is 25.5 Å². The van der Waals surface area contributed by atoms with Crippen LogP contribution in [0.3, 0.4) is 0 Å². The summed E-state index contributed by atoms with van der Waals surface area (Å²) in [6.45, 7) is 4.37. The van der Waals surface area contributed by atoms with Gasteiger partial charge in [-0.3, -0.25) is 0 Å². The van der Waals surface area contributed by atoms with Crippen LogP contribution in [0, 0.1) is 11.5 Å². The third-order valence-electron chi connectivity index (χ3n) is 0.897. The highest BCUT2D eigenvalue weighted by atomic mass is 32.2. The van der Waals surface area contributed by atoms with E-state index in [9.17, 15) is 8.42 Å². The van der Waals surface area contributed by atoms with Crippen molar-refractivity contribution in [3.8, 4) is 6.26 Å². The van der Waals surface area contributed by atoms with E-state index in [0.717, 1.165) is 6.26 Å². The molecule has 10 heavy (non-hydrogen) atoms. The van der Waals surface area contributed by atoms with Crippen LogP contribution in [-0.4, -0.2) is 13.2 Å². The molecule has 0 rings (SSSR count). The van der Waals surface area contributed by atoms with Crippen molar-refractivity contribution in [2.75, 3.05) is 0 Å². The van der Waals surface area contributed by atoms with Crippen molar-refractivity contribution >= 4 is 10.1 Å². The van der Waals surface area contributed by atoms with Crippen molar-refractivity contribution in [3.05, 3.63) is 0 Å². The first-order chi connectivity index (χ1) is 4.31. The Morgan fingerprint density at radius 1 is 1.40 bits per heavy atom. The van der Waals surface area contributed by atoms with E-state index in [4.69, 9.17) is 5.26 Å². The molecule has 0 saturated heterocycles. The van der Waals surface area contributed by atoms with E-state index in [1.54, 1.807) is 0 Å². The van der Waals surface area contributed by atoms with Gasteiger partial charge >= 0.3 is 16.4 Å². The molecule has 58 valence electrons. The fourth-order valence-corrected chi connectivity index (χ4v) is 0.522. The molecule has 0 spiro atoms. The summed E-state index contributed by atoms with van der Waals surface area (Å²) in [6, 6.07) is 0. The molecule has 5 heteroatoms. The molecule has 0 amide bonds. The number of nitriles is 1. The molecule has 0 aliphatic heterocycles. The van der Waals surface area contributed by atoms with Gasteiger partial charge < -0.3 is 4.18 Å². The van der Waals surface area contributed by atoms with Gasteiger partial charge in [0.05, 0.1) is 0 Å². The smallest absolute Gasteiger partial charge is 0.302 e. The lowest BCUT2D eigenvalue weighted by molar-refractivity contribution is 0.430. The zero-order valence-electron chi connectivity index (χ0n) is 6.08. The quantitative estimate of drug-likeness (QED) is 0.419. The van der Waals surface area contributed by atoms with Gasteiger partial charge in [-0.15, -0.1) is 5.26 Å². The van der Waals surface area contributed by atoms with Crippen LogP contribution in [0.1, 0.15) is 20.8 Å². The molecule has 0 aromatic rings. The summed E-state index contributed by atoms with van der Waals surface area (Å²) in [5.41, 5.74) is 0.